The van der Waals surface area contributed by atoms with Gasteiger partial charge in [-0.1, -0.05) is 0 Å². The van der Waals surface area contributed by atoms with Crippen LogP contribution in [0.3, 0.4) is 0 Å². The van der Waals surface area contributed by atoms with Crippen molar-refractivity contribution in [3.8, 4) is 0 Å². The van der Waals surface area contributed by atoms with Gasteiger partial charge in [0.1, 0.15) is 11.6 Å². The molecule has 1 rings (SSSR count). The Hall–Kier alpha value is -1.54. The summed E-state index contributed by atoms with van der Waals surface area (Å²) in [6, 6.07) is 1.66. The Morgan fingerprint density at radius 3 is 2.35 bits per heavy atom. The number of carboxylic acid groups (broad SMARTS) is 1. The van der Waals surface area contributed by atoms with Crippen LogP contribution in [0.2, 0.25) is 0 Å². The number of sulfonamides is 1. The summed E-state index contributed by atoms with van der Waals surface area (Å²) in [4.78, 5) is 10.8. The standard InChI is InChI=1S/C12H15F2NO4S/c1-7(10-6-9(13)4-5-11(10)14)15(3)20(18,19)8(2)12(16)17/h4-8H,1-3H3,(H,16,17). The zero-order valence-electron chi connectivity index (χ0n) is 11.2. The Balaban J connectivity index is 3.17. The van der Waals surface area contributed by atoms with E-state index < -0.39 is 38.9 Å². The fourth-order valence-electron chi connectivity index (χ4n) is 1.63. The SMILES string of the molecule is CC(c1cc(F)ccc1F)N(C)S(=O)(=O)C(C)C(=O)O. The molecule has 0 aliphatic heterocycles. The highest BCUT2D eigenvalue weighted by molar-refractivity contribution is 7.90. The Morgan fingerprint density at radius 1 is 1.30 bits per heavy atom. The normalized spacial score (nSPS) is 15.1. The van der Waals surface area contributed by atoms with Gasteiger partial charge in [0.15, 0.2) is 5.25 Å². The molecule has 112 valence electrons. The average Bonchev–Trinajstić information content (AvgIpc) is 2.38. The number of rotatable bonds is 5. The van der Waals surface area contributed by atoms with Gasteiger partial charge in [0.05, 0.1) is 0 Å². The molecule has 2 atom stereocenters. The van der Waals surface area contributed by atoms with E-state index in [-0.39, 0.29) is 5.56 Å². The van der Waals surface area contributed by atoms with Gasteiger partial charge in [0.2, 0.25) is 10.0 Å². The first-order chi connectivity index (χ1) is 9.09. The lowest BCUT2D eigenvalue weighted by atomic mass is 10.1. The fourth-order valence-corrected chi connectivity index (χ4v) is 2.94. The maximum Gasteiger partial charge on any atom is 0.323 e. The highest BCUT2D eigenvalue weighted by Gasteiger charge is 2.35. The maximum atomic E-state index is 13.6. The van der Waals surface area contributed by atoms with Gasteiger partial charge < -0.3 is 5.11 Å². The van der Waals surface area contributed by atoms with E-state index in [2.05, 4.69) is 0 Å². The summed E-state index contributed by atoms with van der Waals surface area (Å²) in [6.45, 7) is 2.37. The van der Waals surface area contributed by atoms with Gasteiger partial charge >= 0.3 is 5.97 Å². The Bertz CT molecular complexity index is 618. The summed E-state index contributed by atoms with van der Waals surface area (Å²) in [5.74, 6) is -2.97. The lowest BCUT2D eigenvalue weighted by molar-refractivity contribution is -0.136. The van der Waals surface area contributed by atoms with Gasteiger partial charge in [-0.15, -0.1) is 0 Å². The van der Waals surface area contributed by atoms with Crippen LogP contribution in [0, 0.1) is 11.6 Å². The second-order valence-corrected chi connectivity index (χ2v) is 6.70. The Labute approximate surface area is 115 Å². The molecule has 0 spiro atoms. The molecule has 1 aromatic carbocycles. The second-order valence-electron chi connectivity index (χ2n) is 4.38. The molecule has 0 saturated heterocycles. The van der Waals surface area contributed by atoms with E-state index in [1.54, 1.807) is 0 Å². The molecule has 0 aliphatic rings. The third kappa shape index (κ3) is 3.13. The van der Waals surface area contributed by atoms with Gasteiger partial charge in [0, 0.05) is 18.7 Å². The first-order valence-corrected chi connectivity index (χ1v) is 7.24. The van der Waals surface area contributed by atoms with Crippen LogP contribution < -0.4 is 0 Å². The van der Waals surface area contributed by atoms with Crippen molar-refractivity contribution in [2.45, 2.75) is 25.1 Å². The molecular formula is C12H15F2NO4S. The number of halogens is 2. The average molecular weight is 307 g/mol. The summed E-state index contributed by atoms with van der Waals surface area (Å²) >= 11 is 0. The molecule has 1 aromatic rings. The largest absolute Gasteiger partial charge is 0.480 e. The van der Waals surface area contributed by atoms with Gasteiger partial charge in [-0.3, -0.25) is 4.79 Å². The predicted octanol–water partition coefficient (Wildman–Crippen LogP) is 1.76. The van der Waals surface area contributed by atoms with Crippen molar-refractivity contribution >= 4 is 16.0 Å². The molecule has 0 aromatic heterocycles. The van der Waals surface area contributed by atoms with Crippen molar-refractivity contribution in [2.24, 2.45) is 0 Å². The van der Waals surface area contributed by atoms with E-state index in [1.807, 2.05) is 0 Å². The van der Waals surface area contributed by atoms with E-state index in [4.69, 9.17) is 5.11 Å². The molecule has 8 heteroatoms. The molecule has 0 heterocycles. The highest BCUT2D eigenvalue weighted by atomic mass is 32.2. The van der Waals surface area contributed by atoms with E-state index in [1.165, 1.54) is 6.92 Å². The minimum atomic E-state index is -4.17. The summed E-state index contributed by atoms with van der Waals surface area (Å²) in [5.41, 5.74) is -0.159. The van der Waals surface area contributed by atoms with E-state index in [0.29, 0.717) is 0 Å². The van der Waals surface area contributed by atoms with Gasteiger partial charge in [-0.2, -0.15) is 4.31 Å². The highest BCUT2D eigenvalue weighted by Crippen LogP contribution is 2.26. The number of hydrogen-bond donors (Lipinski definition) is 1. The van der Waals surface area contributed by atoms with E-state index in [9.17, 15) is 22.0 Å². The van der Waals surface area contributed by atoms with E-state index in [0.717, 1.165) is 36.5 Å². The molecule has 0 bridgehead atoms. The molecule has 0 fully saturated rings. The van der Waals surface area contributed by atoms with Crippen LogP contribution in [-0.4, -0.2) is 36.1 Å². The zero-order valence-corrected chi connectivity index (χ0v) is 12.0. The lowest BCUT2D eigenvalue weighted by Gasteiger charge is -2.26. The minimum absolute atomic E-state index is 0.159. The molecule has 0 radical (unpaired) electrons. The fraction of sp³-hybridized carbons (Fsp3) is 0.417. The van der Waals surface area contributed by atoms with Crippen molar-refractivity contribution in [3.63, 3.8) is 0 Å². The van der Waals surface area contributed by atoms with Gasteiger partial charge in [-0.05, 0) is 32.0 Å². The molecule has 0 saturated carbocycles. The summed E-state index contributed by atoms with van der Waals surface area (Å²) in [6.07, 6.45) is 0. The molecule has 2 unspecified atom stereocenters. The molecule has 1 N–H and O–H groups in total. The summed E-state index contributed by atoms with van der Waals surface area (Å²) < 4.78 is 51.5. The van der Waals surface area contributed by atoms with Crippen LogP contribution in [0.25, 0.3) is 0 Å². The van der Waals surface area contributed by atoms with Crippen molar-refractivity contribution in [1.82, 2.24) is 4.31 Å². The monoisotopic (exact) mass is 307 g/mol. The van der Waals surface area contributed by atoms with Gasteiger partial charge in [-0.25, -0.2) is 17.2 Å². The van der Waals surface area contributed by atoms with Crippen LogP contribution in [0.1, 0.15) is 25.5 Å². The maximum absolute atomic E-state index is 13.6. The lowest BCUT2D eigenvalue weighted by Crippen LogP contribution is -2.40. The van der Waals surface area contributed by atoms with Crippen LogP contribution in [-0.2, 0) is 14.8 Å². The zero-order chi connectivity index (χ0) is 15.7. The van der Waals surface area contributed by atoms with Crippen molar-refractivity contribution < 1.29 is 27.1 Å². The smallest absolute Gasteiger partial charge is 0.323 e. The molecular weight excluding hydrogens is 292 g/mol. The Kier molecular flexibility index (Phi) is 4.82. The van der Waals surface area contributed by atoms with Crippen molar-refractivity contribution in [1.29, 1.82) is 0 Å². The number of carboxylic acids is 1. The number of benzene rings is 1. The molecule has 0 amide bonds. The molecule has 20 heavy (non-hydrogen) atoms. The number of aliphatic carboxylic acids is 1. The van der Waals surface area contributed by atoms with Crippen LogP contribution in [0.15, 0.2) is 18.2 Å². The predicted molar refractivity (Wildman–Crippen MR) is 68.6 cm³/mol. The summed E-state index contributed by atoms with van der Waals surface area (Å²) in [7, 11) is -3.04. The third-order valence-corrected chi connectivity index (χ3v) is 5.36. The van der Waals surface area contributed by atoms with Crippen molar-refractivity contribution in [2.75, 3.05) is 7.05 Å². The molecule has 5 nitrogen and oxygen atoms in total. The number of hydrogen-bond acceptors (Lipinski definition) is 3. The Morgan fingerprint density at radius 2 is 1.85 bits per heavy atom. The molecule has 0 aliphatic carbocycles. The number of nitrogens with zero attached hydrogens (tertiary/aromatic N) is 1. The second kappa shape index (κ2) is 5.84. The van der Waals surface area contributed by atoms with Crippen LogP contribution in [0.4, 0.5) is 8.78 Å². The quantitative estimate of drug-likeness (QED) is 0.899. The van der Waals surface area contributed by atoms with Crippen LogP contribution >= 0.6 is 0 Å². The summed E-state index contributed by atoms with van der Waals surface area (Å²) in [5, 5.41) is 7.10. The first-order valence-electron chi connectivity index (χ1n) is 5.73. The minimum Gasteiger partial charge on any atom is -0.480 e. The first kappa shape index (κ1) is 16.5. The number of carbonyl (C=O) groups is 1. The van der Waals surface area contributed by atoms with Crippen molar-refractivity contribution in [3.05, 3.63) is 35.4 Å². The van der Waals surface area contributed by atoms with Gasteiger partial charge in [0.25, 0.3) is 0 Å². The third-order valence-electron chi connectivity index (χ3n) is 3.15. The topological polar surface area (TPSA) is 74.7 Å². The van der Waals surface area contributed by atoms with E-state index >= 15 is 0 Å². The van der Waals surface area contributed by atoms with Crippen LogP contribution in [0.5, 0.6) is 0 Å².